The molecule has 0 aliphatic carbocycles. The number of ether oxygens (including phenoxy) is 2. The molecule has 0 atom stereocenters. The van der Waals surface area contributed by atoms with Crippen LogP contribution < -0.4 is 20.3 Å². The van der Waals surface area contributed by atoms with Gasteiger partial charge in [0.25, 0.3) is 5.91 Å². The number of carbonyl (C=O) groups is 1. The number of anilines is 1. The fraction of sp³-hybridized carbons (Fsp3) is 0.143. The molecule has 2 rings (SSSR count). The molecule has 0 bridgehead atoms. The van der Waals surface area contributed by atoms with E-state index in [0.29, 0.717) is 27.8 Å². The first-order chi connectivity index (χ1) is 10.0. The van der Waals surface area contributed by atoms with E-state index in [1.807, 2.05) is 0 Å². The normalized spacial score (nSPS) is 10.0. The van der Waals surface area contributed by atoms with Crippen LogP contribution in [0, 0.1) is 0 Å². The lowest BCUT2D eigenvalue weighted by Crippen LogP contribution is -2.15. The number of halogens is 1. The molecule has 6 nitrogen and oxygen atoms in total. The molecule has 0 fully saturated rings. The molecule has 0 aliphatic rings. The Balaban J connectivity index is 2.31. The zero-order valence-corrected chi connectivity index (χ0v) is 12.2. The van der Waals surface area contributed by atoms with Crippen molar-refractivity contribution in [2.24, 2.45) is 0 Å². The van der Waals surface area contributed by atoms with Crippen LogP contribution in [-0.2, 0) is 0 Å². The molecule has 0 spiro atoms. The van der Waals surface area contributed by atoms with Gasteiger partial charge in [-0.15, -0.1) is 0 Å². The molecule has 1 amide bonds. The summed E-state index contributed by atoms with van der Waals surface area (Å²) in [4.78, 5) is 25.5. The third kappa shape index (κ3) is 3.35. The smallest absolute Gasteiger partial charge is 0.257 e. The molecule has 110 valence electrons. The van der Waals surface area contributed by atoms with Gasteiger partial charge in [-0.3, -0.25) is 9.59 Å². The van der Waals surface area contributed by atoms with Crippen LogP contribution in [0.3, 0.4) is 0 Å². The van der Waals surface area contributed by atoms with Crippen molar-refractivity contribution in [1.29, 1.82) is 0 Å². The first kappa shape index (κ1) is 14.9. The van der Waals surface area contributed by atoms with Crippen LogP contribution in [0.1, 0.15) is 10.4 Å². The Bertz CT molecular complexity index is 707. The van der Waals surface area contributed by atoms with Gasteiger partial charge < -0.3 is 19.8 Å². The summed E-state index contributed by atoms with van der Waals surface area (Å²) in [5.74, 6) is 0.418. The average molecular weight is 309 g/mol. The largest absolute Gasteiger partial charge is 0.495 e. The van der Waals surface area contributed by atoms with Crippen LogP contribution >= 0.6 is 11.6 Å². The highest BCUT2D eigenvalue weighted by molar-refractivity contribution is 6.32. The standard InChI is InChI=1S/C14H13ClN2O4/c1-20-11-6-10(12(21-2)5-9(11)15)17-14(19)8-3-4-13(18)16-7-8/h3-7H,1-2H3,(H,16,18)(H,17,19). The van der Waals surface area contributed by atoms with E-state index in [-0.39, 0.29) is 5.56 Å². The SMILES string of the molecule is COc1cc(NC(=O)c2ccc(=O)[nH]c2)c(OC)cc1Cl. The van der Waals surface area contributed by atoms with Crippen molar-refractivity contribution in [3.63, 3.8) is 0 Å². The molecule has 1 heterocycles. The van der Waals surface area contributed by atoms with Gasteiger partial charge in [0, 0.05) is 24.4 Å². The average Bonchev–Trinajstić information content (AvgIpc) is 2.49. The Kier molecular flexibility index (Phi) is 4.49. The highest BCUT2D eigenvalue weighted by Gasteiger charge is 2.13. The number of aromatic amines is 1. The maximum atomic E-state index is 12.1. The maximum Gasteiger partial charge on any atom is 0.257 e. The van der Waals surface area contributed by atoms with Gasteiger partial charge in [-0.05, 0) is 6.07 Å². The molecule has 2 aromatic rings. The lowest BCUT2D eigenvalue weighted by Gasteiger charge is -2.13. The molecule has 0 saturated carbocycles. The van der Waals surface area contributed by atoms with Crippen LogP contribution in [0.5, 0.6) is 11.5 Å². The molecule has 1 aromatic carbocycles. The summed E-state index contributed by atoms with van der Waals surface area (Å²) in [6.45, 7) is 0. The highest BCUT2D eigenvalue weighted by Crippen LogP contribution is 2.35. The quantitative estimate of drug-likeness (QED) is 0.908. The fourth-order valence-electron chi connectivity index (χ4n) is 1.70. The van der Waals surface area contributed by atoms with Crippen LogP contribution in [0.2, 0.25) is 5.02 Å². The lowest BCUT2D eigenvalue weighted by atomic mass is 10.2. The molecular formula is C14H13ClN2O4. The van der Waals surface area contributed by atoms with E-state index >= 15 is 0 Å². The zero-order chi connectivity index (χ0) is 15.4. The number of benzene rings is 1. The summed E-state index contributed by atoms with van der Waals surface area (Å²) < 4.78 is 10.3. The monoisotopic (exact) mass is 308 g/mol. The number of hydrogen-bond acceptors (Lipinski definition) is 4. The minimum Gasteiger partial charge on any atom is -0.495 e. The fourth-order valence-corrected chi connectivity index (χ4v) is 1.94. The number of carbonyl (C=O) groups excluding carboxylic acids is 1. The summed E-state index contributed by atoms with van der Waals surface area (Å²) in [5, 5.41) is 3.05. The number of rotatable bonds is 4. The van der Waals surface area contributed by atoms with E-state index in [2.05, 4.69) is 10.3 Å². The van der Waals surface area contributed by atoms with Crippen LogP contribution in [0.4, 0.5) is 5.69 Å². The van der Waals surface area contributed by atoms with Crippen molar-refractivity contribution < 1.29 is 14.3 Å². The molecule has 21 heavy (non-hydrogen) atoms. The second-order valence-corrected chi connectivity index (χ2v) is 4.49. The van der Waals surface area contributed by atoms with Gasteiger partial charge in [-0.25, -0.2) is 0 Å². The Morgan fingerprint density at radius 2 is 1.90 bits per heavy atom. The van der Waals surface area contributed by atoms with E-state index in [0.717, 1.165) is 0 Å². The van der Waals surface area contributed by atoms with Crippen LogP contribution in [0.25, 0.3) is 0 Å². The van der Waals surface area contributed by atoms with Crippen molar-refractivity contribution in [3.8, 4) is 11.5 Å². The number of hydrogen-bond donors (Lipinski definition) is 2. The Hall–Kier alpha value is -2.47. The topological polar surface area (TPSA) is 80.4 Å². The number of pyridine rings is 1. The van der Waals surface area contributed by atoms with E-state index in [4.69, 9.17) is 21.1 Å². The van der Waals surface area contributed by atoms with E-state index in [1.54, 1.807) is 12.1 Å². The predicted molar refractivity (Wildman–Crippen MR) is 79.6 cm³/mol. The molecule has 1 aromatic heterocycles. The predicted octanol–water partition coefficient (Wildman–Crippen LogP) is 2.30. The summed E-state index contributed by atoms with van der Waals surface area (Å²) in [7, 11) is 2.94. The molecule has 0 aliphatic heterocycles. The third-order valence-corrected chi connectivity index (χ3v) is 3.06. The number of nitrogens with one attached hydrogen (secondary N) is 2. The summed E-state index contributed by atoms with van der Waals surface area (Å²) >= 11 is 5.99. The van der Waals surface area contributed by atoms with E-state index < -0.39 is 5.91 Å². The molecule has 2 N–H and O–H groups in total. The second-order valence-electron chi connectivity index (χ2n) is 4.08. The van der Waals surface area contributed by atoms with Gasteiger partial charge in [-0.2, -0.15) is 0 Å². The molecule has 0 unspecified atom stereocenters. The summed E-state index contributed by atoms with van der Waals surface area (Å²) in [6.07, 6.45) is 1.33. The van der Waals surface area contributed by atoms with E-state index in [9.17, 15) is 9.59 Å². The summed E-state index contributed by atoms with van der Waals surface area (Å²) in [5.41, 5.74) is 0.442. The number of methoxy groups -OCH3 is 2. The van der Waals surface area contributed by atoms with Gasteiger partial charge in [0.2, 0.25) is 5.56 Å². The van der Waals surface area contributed by atoms with Gasteiger partial charge >= 0.3 is 0 Å². The van der Waals surface area contributed by atoms with Crippen LogP contribution in [0.15, 0.2) is 35.3 Å². The van der Waals surface area contributed by atoms with Crippen molar-refractivity contribution in [2.75, 3.05) is 19.5 Å². The minimum absolute atomic E-state index is 0.280. The van der Waals surface area contributed by atoms with Crippen LogP contribution in [-0.4, -0.2) is 25.1 Å². The first-order valence-corrected chi connectivity index (χ1v) is 6.34. The first-order valence-electron chi connectivity index (χ1n) is 5.96. The van der Waals surface area contributed by atoms with Gasteiger partial charge in [0.05, 0.1) is 30.5 Å². The Morgan fingerprint density at radius 3 is 2.48 bits per heavy atom. The molecule has 0 saturated heterocycles. The summed E-state index contributed by atoms with van der Waals surface area (Å²) in [6, 6.07) is 5.80. The Labute approximate surface area is 125 Å². The Morgan fingerprint density at radius 1 is 1.19 bits per heavy atom. The number of H-pyrrole nitrogens is 1. The van der Waals surface area contributed by atoms with Crippen molar-refractivity contribution in [1.82, 2.24) is 4.98 Å². The van der Waals surface area contributed by atoms with Gasteiger partial charge in [-0.1, -0.05) is 11.6 Å². The molecule has 0 radical (unpaired) electrons. The third-order valence-electron chi connectivity index (χ3n) is 2.77. The number of amides is 1. The minimum atomic E-state index is -0.395. The number of aromatic nitrogens is 1. The maximum absolute atomic E-state index is 12.1. The zero-order valence-electron chi connectivity index (χ0n) is 11.4. The van der Waals surface area contributed by atoms with Crippen molar-refractivity contribution in [3.05, 3.63) is 51.4 Å². The molecular weight excluding hydrogens is 296 g/mol. The van der Waals surface area contributed by atoms with Gasteiger partial charge in [0.1, 0.15) is 11.5 Å². The molecule has 7 heteroatoms. The van der Waals surface area contributed by atoms with Crippen molar-refractivity contribution >= 4 is 23.2 Å². The lowest BCUT2D eigenvalue weighted by molar-refractivity contribution is 0.102. The van der Waals surface area contributed by atoms with Crippen molar-refractivity contribution in [2.45, 2.75) is 0 Å². The van der Waals surface area contributed by atoms with Gasteiger partial charge in [0.15, 0.2) is 0 Å². The highest BCUT2D eigenvalue weighted by atomic mass is 35.5. The second kappa shape index (κ2) is 6.32. The van der Waals surface area contributed by atoms with E-state index in [1.165, 1.54) is 32.5 Å².